The number of aromatic nitrogens is 4. The summed E-state index contributed by atoms with van der Waals surface area (Å²) in [6.07, 6.45) is 5.01. The molecule has 2 N–H and O–H groups in total. The number of hydrogen-bond donors (Lipinski definition) is 1. The van der Waals surface area contributed by atoms with E-state index in [-0.39, 0.29) is 0 Å². The second kappa shape index (κ2) is 4.74. The van der Waals surface area contributed by atoms with Crippen molar-refractivity contribution in [2.24, 2.45) is 0 Å². The second-order valence-corrected chi connectivity index (χ2v) is 4.82. The molecule has 19 heavy (non-hydrogen) atoms. The summed E-state index contributed by atoms with van der Waals surface area (Å²) in [7, 11) is 0. The number of nitrogens with zero attached hydrogens (tertiary/aromatic N) is 4. The minimum absolute atomic E-state index is 0.485. The Hall–Kier alpha value is -2.34. The van der Waals surface area contributed by atoms with Crippen molar-refractivity contribution in [2.45, 2.75) is 6.92 Å². The zero-order valence-corrected chi connectivity index (χ0v) is 11.1. The van der Waals surface area contributed by atoms with Gasteiger partial charge in [0.1, 0.15) is 22.2 Å². The van der Waals surface area contributed by atoms with E-state index in [0.29, 0.717) is 5.82 Å². The van der Waals surface area contributed by atoms with Gasteiger partial charge < -0.3 is 5.73 Å². The Bertz CT molecular complexity index is 662. The molecule has 0 spiro atoms. The lowest BCUT2D eigenvalue weighted by Gasteiger charge is -2.00. The van der Waals surface area contributed by atoms with Crippen LogP contribution in [0.5, 0.6) is 0 Å². The van der Waals surface area contributed by atoms with Crippen LogP contribution in [0.1, 0.15) is 5.69 Å². The predicted octanol–water partition coefficient (Wildman–Crippen LogP) is 2.55. The minimum Gasteiger partial charge on any atom is -0.383 e. The first-order valence-electron chi connectivity index (χ1n) is 5.70. The Labute approximate surface area is 114 Å². The smallest absolute Gasteiger partial charge is 0.133 e. The molecular weight excluding hydrogens is 258 g/mol. The molecule has 6 heteroatoms. The molecule has 0 amide bonds. The number of nitrogen functional groups attached to an aromatic ring is 1. The molecule has 5 nitrogen and oxygen atoms in total. The first-order valence-corrected chi connectivity index (χ1v) is 6.58. The molecule has 0 saturated heterocycles. The number of hydrogen-bond acceptors (Lipinski definition) is 6. The van der Waals surface area contributed by atoms with Gasteiger partial charge >= 0.3 is 0 Å². The van der Waals surface area contributed by atoms with Gasteiger partial charge in [-0.3, -0.25) is 9.97 Å². The largest absolute Gasteiger partial charge is 0.383 e. The molecule has 94 valence electrons. The summed E-state index contributed by atoms with van der Waals surface area (Å²) in [5, 5.41) is 2.80. The van der Waals surface area contributed by atoms with E-state index in [1.807, 2.05) is 24.4 Å². The highest BCUT2D eigenvalue weighted by atomic mass is 32.1. The molecule has 0 unspecified atom stereocenters. The molecular formula is C13H11N5S. The fraction of sp³-hybridized carbons (Fsp3) is 0.0769. The molecule has 3 aromatic rings. The SMILES string of the molecule is Cc1nccnc1-c1csc(-c2cccnc2N)n1. The van der Waals surface area contributed by atoms with E-state index >= 15 is 0 Å². The average molecular weight is 269 g/mol. The van der Waals surface area contributed by atoms with Gasteiger partial charge in [-0.2, -0.15) is 0 Å². The zero-order chi connectivity index (χ0) is 13.2. The first-order chi connectivity index (χ1) is 9.25. The number of nitrogens with two attached hydrogens (primary N) is 1. The van der Waals surface area contributed by atoms with Crippen LogP contribution in [0.4, 0.5) is 5.82 Å². The molecule has 0 aliphatic rings. The van der Waals surface area contributed by atoms with Crippen molar-refractivity contribution in [1.82, 2.24) is 19.9 Å². The van der Waals surface area contributed by atoms with Crippen molar-refractivity contribution >= 4 is 17.2 Å². The normalized spacial score (nSPS) is 10.6. The summed E-state index contributed by atoms with van der Waals surface area (Å²) in [4.78, 5) is 17.2. The van der Waals surface area contributed by atoms with Crippen LogP contribution in [0.15, 0.2) is 36.1 Å². The zero-order valence-electron chi connectivity index (χ0n) is 10.2. The number of rotatable bonds is 2. The third-order valence-corrected chi connectivity index (χ3v) is 3.57. The van der Waals surface area contributed by atoms with Gasteiger partial charge in [-0.05, 0) is 19.1 Å². The second-order valence-electron chi connectivity index (χ2n) is 3.96. The lowest BCUT2D eigenvalue weighted by molar-refractivity contribution is 1.11. The molecule has 0 aliphatic carbocycles. The number of aryl methyl sites for hydroxylation is 1. The molecule has 3 aromatic heterocycles. The molecule has 0 aromatic carbocycles. The predicted molar refractivity (Wildman–Crippen MR) is 75.5 cm³/mol. The third-order valence-electron chi connectivity index (χ3n) is 2.70. The van der Waals surface area contributed by atoms with Gasteiger partial charge in [0, 0.05) is 24.0 Å². The van der Waals surface area contributed by atoms with E-state index in [1.165, 1.54) is 11.3 Å². The summed E-state index contributed by atoms with van der Waals surface area (Å²) in [6, 6.07) is 3.76. The molecule has 3 rings (SSSR count). The molecule has 0 aliphatic heterocycles. The number of pyridine rings is 1. The fourth-order valence-corrected chi connectivity index (χ4v) is 2.60. The molecule has 0 fully saturated rings. The van der Waals surface area contributed by atoms with Gasteiger partial charge in [0.2, 0.25) is 0 Å². The Morgan fingerprint density at radius 1 is 1.11 bits per heavy atom. The highest BCUT2D eigenvalue weighted by molar-refractivity contribution is 7.13. The highest BCUT2D eigenvalue weighted by Crippen LogP contribution is 2.30. The van der Waals surface area contributed by atoms with Crippen molar-refractivity contribution in [3.63, 3.8) is 0 Å². The van der Waals surface area contributed by atoms with Crippen LogP contribution < -0.4 is 5.73 Å². The van der Waals surface area contributed by atoms with E-state index in [2.05, 4.69) is 19.9 Å². The molecule has 3 heterocycles. The molecule has 0 radical (unpaired) electrons. The Morgan fingerprint density at radius 2 is 1.95 bits per heavy atom. The Morgan fingerprint density at radius 3 is 2.74 bits per heavy atom. The van der Waals surface area contributed by atoms with Crippen LogP contribution in [-0.4, -0.2) is 19.9 Å². The van der Waals surface area contributed by atoms with E-state index < -0.39 is 0 Å². The van der Waals surface area contributed by atoms with Crippen LogP contribution in [0.3, 0.4) is 0 Å². The molecule has 0 atom stereocenters. The summed E-state index contributed by atoms with van der Waals surface area (Å²) in [6.45, 7) is 1.92. The summed E-state index contributed by atoms with van der Waals surface area (Å²) in [5.74, 6) is 0.485. The summed E-state index contributed by atoms with van der Waals surface area (Å²) >= 11 is 1.52. The van der Waals surface area contributed by atoms with Crippen molar-refractivity contribution in [3.05, 3.63) is 41.8 Å². The van der Waals surface area contributed by atoms with E-state index in [0.717, 1.165) is 27.7 Å². The monoisotopic (exact) mass is 269 g/mol. The van der Waals surface area contributed by atoms with Crippen LogP contribution in [-0.2, 0) is 0 Å². The molecule has 0 saturated carbocycles. The maximum absolute atomic E-state index is 5.86. The van der Waals surface area contributed by atoms with Crippen molar-refractivity contribution in [2.75, 3.05) is 5.73 Å². The highest BCUT2D eigenvalue weighted by Gasteiger charge is 2.12. The minimum atomic E-state index is 0.485. The first kappa shape index (κ1) is 11.7. The number of anilines is 1. The van der Waals surface area contributed by atoms with Crippen LogP contribution in [0, 0.1) is 6.92 Å². The molecule has 0 bridgehead atoms. The summed E-state index contributed by atoms with van der Waals surface area (Å²) < 4.78 is 0. The van der Waals surface area contributed by atoms with Crippen molar-refractivity contribution < 1.29 is 0 Å². The van der Waals surface area contributed by atoms with Gasteiger partial charge in [-0.15, -0.1) is 11.3 Å². The van der Waals surface area contributed by atoms with E-state index in [4.69, 9.17) is 5.73 Å². The van der Waals surface area contributed by atoms with Gasteiger partial charge in [0.15, 0.2) is 0 Å². The van der Waals surface area contributed by atoms with E-state index in [1.54, 1.807) is 18.6 Å². The lowest BCUT2D eigenvalue weighted by atomic mass is 10.2. The van der Waals surface area contributed by atoms with Crippen molar-refractivity contribution in [1.29, 1.82) is 0 Å². The maximum atomic E-state index is 5.86. The Kier molecular flexibility index (Phi) is 2.92. The Balaban J connectivity index is 2.06. The standard InChI is InChI=1S/C13H11N5S/c1-8-11(16-6-5-15-8)10-7-19-13(18-10)9-3-2-4-17-12(9)14/h2-7H,1H3,(H2,14,17). The van der Waals surface area contributed by atoms with Crippen LogP contribution >= 0.6 is 11.3 Å². The third kappa shape index (κ3) is 2.17. The van der Waals surface area contributed by atoms with Gasteiger partial charge in [0.25, 0.3) is 0 Å². The lowest BCUT2D eigenvalue weighted by Crippen LogP contribution is -1.93. The van der Waals surface area contributed by atoms with Crippen LogP contribution in [0.25, 0.3) is 22.0 Å². The average Bonchev–Trinajstić information content (AvgIpc) is 2.89. The topological polar surface area (TPSA) is 77.6 Å². The number of thiazole rings is 1. The quantitative estimate of drug-likeness (QED) is 0.773. The van der Waals surface area contributed by atoms with Crippen LogP contribution in [0.2, 0.25) is 0 Å². The van der Waals surface area contributed by atoms with Crippen molar-refractivity contribution in [3.8, 4) is 22.0 Å². The van der Waals surface area contributed by atoms with Gasteiger partial charge in [-0.25, -0.2) is 9.97 Å². The fourth-order valence-electron chi connectivity index (χ4n) is 1.76. The van der Waals surface area contributed by atoms with Gasteiger partial charge in [0.05, 0.1) is 11.3 Å². The maximum Gasteiger partial charge on any atom is 0.133 e. The van der Waals surface area contributed by atoms with Gasteiger partial charge in [-0.1, -0.05) is 0 Å². The summed E-state index contributed by atoms with van der Waals surface area (Å²) in [5.41, 5.74) is 9.18. The van der Waals surface area contributed by atoms with E-state index in [9.17, 15) is 0 Å².